The van der Waals surface area contributed by atoms with Crippen LogP contribution in [0.2, 0.25) is 0 Å². The molecule has 0 spiro atoms. The first-order chi connectivity index (χ1) is 11.1. The Labute approximate surface area is 131 Å². The summed E-state index contributed by atoms with van der Waals surface area (Å²) in [5.74, 6) is 0.0642. The molecule has 0 fully saturated rings. The highest BCUT2D eigenvalue weighted by atomic mass is 16.7. The van der Waals surface area contributed by atoms with Crippen LogP contribution in [-0.4, -0.2) is 33.0 Å². The smallest absolute Gasteiger partial charge is 0.373 e. The van der Waals surface area contributed by atoms with Gasteiger partial charge in [0.05, 0.1) is 14.2 Å². The predicted molar refractivity (Wildman–Crippen MR) is 74.5 cm³/mol. The van der Waals surface area contributed by atoms with E-state index in [4.69, 9.17) is 18.3 Å². The van der Waals surface area contributed by atoms with E-state index in [1.165, 1.54) is 26.4 Å². The topological polar surface area (TPSA) is 97.3 Å². The lowest BCUT2D eigenvalue weighted by molar-refractivity contribution is -0.0768. The zero-order valence-corrected chi connectivity index (χ0v) is 12.7. The number of furan rings is 2. The van der Waals surface area contributed by atoms with Gasteiger partial charge in [-0.25, -0.2) is 9.59 Å². The molecular weight excluding hydrogens is 308 g/mol. The Morgan fingerprint density at radius 1 is 0.826 bits per heavy atom. The van der Waals surface area contributed by atoms with Crippen molar-refractivity contribution in [3.8, 4) is 0 Å². The minimum absolute atomic E-state index is 0.0114. The lowest BCUT2D eigenvalue weighted by Crippen LogP contribution is -2.01. The Bertz CT molecular complexity index is 598. The SMILES string of the molecule is COC(=O)c1ccc(COCOCc2ccc(C(=O)OC)o2)o1. The van der Waals surface area contributed by atoms with Gasteiger partial charge in [-0.05, 0) is 24.3 Å². The van der Waals surface area contributed by atoms with Gasteiger partial charge in [-0.15, -0.1) is 0 Å². The second-order valence-electron chi connectivity index (χ2n) is 4.33. The van der Waals surface area contributed by atoms with Crippen LogP contribution < -0.4 is 0 Å². The summed E-state index contributed by atoms with van der Waals surface area (Å²) >= 11 is 0. The molecule has 0 saturated carbocycles. The summed E-state index contributed by atoms with van der Waals surface area (Å²) in [6.07, 6.45) is 0. The Kier molecular flexibility index (Phi) is 5.95. The minimum atomic E-state index is -0.549. The van der Waals surface area contributed by atoms with Gasteiger partial charge in [0.2, 0.25) is 11.5 Å². The molecule has 0 aliphatic heterocycles. The van der Waals surface area contributed by atoms with Gasteiger partial charge in [0.25, 0.3) is 0 Å². The molecule has 2 rings (SSSR count). The van der Waals surface area contributed by atoms with Crippen LogP contribution in [0.25, 0.3) is 0 Å². The Morgan fingerprint density at radius 2 is 1.26 bits per heavy atom. The number of esters is 2. The summed E-state index contributed by atoms with van der Waals surface area (Å²) in [5.41, 5.74) is 0. The van der Waals surface area contributed by atoms with E-state index in [-0.39, 0.29) is 31.5 Å². The van der Waals surface area contributed by atoms with Crippen LogP contribution in [0.4, 0.5) is 0 Å². The molecule has 2 heterocycles. The first-order valence-corrected chi connectivity index (χ1v) is 6.63. The number of carbonyl (C=O) groups excluding carboxylic acids is 2. The number of ether oxygens (including phenoxy) is 4. The molecule has 23 heavy (non-hydrogen) atoms. The summed E-state index contributed by atoms with van der Waals surface area (Å²) in [6, 6.07) is 6.23. The monoisotopic (exact) mass is 324 g/mol. The molecule has 8 heteroatoms. The first kappa shape index (κ1) is 16.8. The molecule has 0 bridgehead atoms. The van der Waals surface area contributed by atoms with E-state index in [1.54, 1.807) is 12.1 Å². The van der Waals surface area contributed by atoms with Crippen LogP contribution in [0, 0.1) is 0 Å². The van der Waals surface area contributed by atoms with Crippen molar-refractivity contribution in [3.63, 3.8) is 0 Å². The highest BCUT2D eigenvalue weighted by Gasteiger charge is 2.12. The fraction of sp³-hybridized carbons (Fsp3) is 0.333. The summed E-state index contributed by atoms with van der Waals surface area (Å²) in [6.45, 7) is 0.271. The molecule has 0 atom stereocenters. The second kappa shape index (κ2) is 8.16. The summed E-state index contributed by atoms with van der Waals surface area (Å²) in [5, 5.41) is 0. The van der Waals surface area contributed by atoms with Crippen LogP contribution in [0.15, 0.2) is 33.1 Å². The van der Waals surface area contributed by atoms with Crippen molar-refractivity contribution >= 4 is 11.9 Å². The van der Waals surface area contributed by atoms with Crippen molar-refractivity contribution in [1.29, 1.82) is 0 Å². The normalized spacial score (nSPS) is 10.5. The molecule has 0 radical (unpaired) electrons. The van der Waals surface area contributed by atoms with E-state index in [0.717, 1.165) is 0 Å². The third kappa shape index (κ3) is 4.70. The maximum absolute atomic E-state index is 11.2. The van der Waals surface area contributed by atoms with E-state index >= 15 is 0 Å². The second-order valence-corrected chi connectivity index (χ2v) is 4.33. The number of hydrogen-bond donors (Lipinski definition) is 0. The standard InChI is InChI=1S/C15H16O8/c1-18-14(16)12-5-3-10(22-12)7-20-9-21-8-11-4-6-13(23-11)15(17)19-2/h3-6H,7-9H2,1-2H3. The van der Waals surface area contributed by atoms with Gasteiger partial charge in [0.1, 0.15) is 31.5 Å². The van der Waals surface area contributed by atoms with E-state index < -0.39 is 11.9 Å². The van der Waals surface area contributed by atoms with Crippen molar-refractivity contribution < 1.29 is 37.4 Å². The fourth-order valence-electron chi connectivity index (χ4n) is 1.68. The minimum Gasteiger partial charge on any atom is -0.463 e. The molecule has 0 aliphatic rings. The fourth-order valence-corrected chi connectivity index (χ4v) is 1.68. The Balaban J connectivity index is 1.67. The van der Waals surface area contributed by atoms with Crippen LogP contribution >= 0.6 is 0 Å². The van der Waals surface area contributed by atoms with Gasteiger partial charge < -0.3 is 27.8 Å². The van der Waals surface area contributed by atoms with Crippen LogP contribution in [0.5, 0.6) is 0 Å². The zero-order chi connectivity index (χ0) is 16.7. The van der Waals surface area contributed by atoms with E-state index in [0.29, 0.717) is 11.5 Å². The van der Waals surface area contributed by atoms with Crippen molar-refractivity contribution in [2.45, 2.75) is 13.2 Å². The summed E-state index contributed by atoms with van der Waals surface area (Å²) in [7, 11) is 2.55. The molecule has 2 aromatic heterocycles. The average molecular weight is 324 g/mol. The molecule has 0 aliphatic carbocycles. The predicted octanol–water partition coefficient (Wildman–Crippen LogP) is 2.14. The Hall–Kier alpha value is -2.58. The highest BCUT2D eigenvalue weighted by Crippen LogP contribution is 2.12. The summed E-state index contributed by atoms with van der Waals surface area (Å²) < 4.78 is 30.0. The molecule has 8 nitrogen and oxygen atoms in total. The van der Waals surface area contributed by atoms with Gasteiger partial charge in [0.15, 0.2) is 0 Å². The van der Waals surface area contributed by atoms with Gasteiger partial charge in [-0.2, -0.15) is 0 Å². The highest BCUT2D eigenvalue weighted by molar-refractivity contribution is 5.86. The maximum Gasteiger partial charge on any atom is 0.373 e. The van der Waals surface area contributed by atoms with Crippen LogP contribution in [0.1, 0.15) is 32.6 Å². The third-order valence-electron chi connectivity index (χ3n) is 2.75. The molecule has 0 N–H and O–H groups in total. The first-order valence-electron chi connectivity index (χ1n) is 6.63. The number of hydrogen-bond acceptors (Lipinski definition) is 8. The van der Waals surface area contributed by atoms with Crippen molar-refractivity contribution in [3.05, 3.63) is 47.3 Å². The van der Waals surface area contributed by atoms with Crippen LogP contribution in [-0.2, 0) is 32.2 Å². The maximum atomic E-state index is 11.2. The van der Waals surface area contributed by atoms with Gasteiger partial charge in [-0.1, -0.05) is 0 Å². The van der Waals surface area contributed by atoms with E-state index in [9.17, 15) is 9.59 Å². The molecule has 0 saturated heterocycles. The van der Waals surface area contributed by atoms with E-state index in [1.807, 2.05) is 0 Å². The quantitative estimate of drug-likeness (QED) is 0.414. The molecule has 0 amide bonds. The largest absolute Gasteiger partial charge is 0.463 e. The van der Waals surface area contributed by atoms with Gasteiger partial charge in [-0.3, -0.25) is 0 Å². The lowest BCUT2D eigenvalue weighted by atomic mass is 10.4. The van der Waals surface area contributed by atoms with Crippen LogP contribution in [0.3, 0.4) is 0 Å². The van der Waals surface area contributed by atoms with Gasteiger partial charge >= 0.3 is 11.9 Å². The average Bonchev–Trinajstić information content (AvgIpc) is 3.22. The van der Waals surface area contributed by atoms with Crippen molar-refractivity contribution in [1.82, 2.24) is 0 Å². The molecule has 2 aromatic rings. The zero-order valence-electron chi connectivity index (χ0n) is 12.7. The van der Waals surface area contributed by atoms with Crippen molar-refractivity contribution in [2.75, 3.05) is 21.0 Å². The third-order valence-corrected chi connectivity index (χ3v) is 2.75. The molecule has 0 unspecified atom stereocenters. The molecule has 0 aromatic carbocycles. The number of methoxy groups -OCH3 is 2. The lowest BCUT2D eigenvalue weighted by Gasteiger charge is -2.03. The molecule has 124 valence electrons. The molecular formula is C15H16O8. The summed E-state index contributed by atoms with van der Waals surface area (Å²) in [4.78, 5) is 22.4. The number of rotatable bonds is 8. The van der Waals surface area contributed by atoms with Crippen molar-refractivity contribution in [2.24, 2.45) is 0 Å². The van der Waals surface area contributed by atoms with E-state index in [2.05, 4.69) is 9.47 Å². The van der Waals surface area contributed by atoms with Gasteiger partial charge in [0, 0.05) is 0 Å². The Morgan fingerprint density at radius 3 is 1.65 bits per heavy atom. The number of carbonyl (C=O) groups is 2.